The van der Waals surface area contributed by atoms with E-state index in [0.29, 0.717) is 13.2 Å². The van der Waals surface area contributed by atoms with Gasteiger partial charge >= 0.3 is 8.25 Å². The molecule has 0 aliphatic rings. The molecule has 0 aliphatic carbocycles. The largest absolute Gasteiger partial charge is 0.697 e. The first kappa shape index (κ1) is 18.1. The van der Waals surface area contributed by atoms with E-state index in [-0.39, 0.29) is 0 Å². The maximum Gasteiger partial charge on any atom is 0.697 e. The fraction of sp³-hybridized carbons (Fsp3) is 0.667. The van der Waals surface area contributed by atoms with Crippen LogP contribution < -0.4 is 0 Å². The van der Waals surface area contributed by atoms with E-state index < -0.39 is 8.25 Å². The molecule has 100 valence electrons. The van der Waals surface area contributed by atoms with Crippen molar-refractivity contribution in [3.63, 3.8) is 0 Å². The van der Waals surface area contributed by atoms with Gasteiger partial charge in [-0.3, -0.25) is 0 Å². The summed E-state index contributed by atoms with van der Waals surface area (Å²) < 4.78 is 21.3. The van der Waals surface area contributed by atoms with Crippen molar-refractivity contribution in [3.05, 3.63) is 0 Å². The first-order chi connectivity index (χ1) is 8.81. The van der Waals surface area contributed by atoms with Crippen molar-refractivity contribution < 1.29 is 13.6 Å². The molecule has 0 saturated carbocycles. The summed E-state index contributed by atoms with van der Waals surface area (Å²) in [6.07, 6.45) is 5.20. The van der Waals surface area contributed by atoms with E-state index in [1.54, 1.807) is 0 Å². The quantitative estimate of drug-likeness (QED) is 0.303. The molecule has 0 fully saturated rings. The van der Waals surface area contributed by atoms with E-state index in [9.17, 15) is 4.57 Å². The lowest BCUT2D eigenvalue weighted by Gasteiger charge is -1.92. The van der Waals surface area contributed by atoms with Gasteiger partial charge in [0, 0.05) is 49.3 Å². The SMILES string of the molecule is O=[P+](OCCCCC#CBr)OCCCCC#CBr. The molecular weight excluding hydrogens is 383 g/mol. The molecule has 18 heavy (non-hydrogen) atoms. The van der Waals surface area contributed by atoms with Crippen LogP contribution in [-0.4, -0.2) is 13.2 Å². The molecule has 0 aromatic heterocycles. The maximum atomic E-state index is 11.3. The number of unbranched alkanes of at least 4 members (excludes halogenated alkanes) is 4. The molecule has 3 nitrogen and oxygen atoms in total. The zero-order valence-electron chi connectivity index (χ0n) is 10.1. The third kappa shape index (κ3) is 14.2. The van der Waals surface area contributed by atoms with Crippen LogP contribution in [0.4, 0.5) is 0 Å². The van der Waals surface area contributed by atoms with E-state index in [4.69, 9.17) is 9.05 Å². The minimum Gasteiger partial charge on any atom is -0.119 e. The Balaban J connectivity index is 3.25. The molecule has 6 heteroatoms. The van der Waals surface area contributed by atoms with Gasteiger partial charge in [-0.2, -0.15) is 0 Å². The Kier molecular flexibility index (Phi) is 15.2. The minimum atomic E-state index is -1.97. The molecular formula is C12H16Br2O3P+. The van der Waals surface area contributed by atoms with Gasteiger partial charge in [-0.15, -0.1) is 9.05 Å². The summed E-state index contributed by atoms with van der Waals surface area (Å²) >= 11 is 6.04. The summed E-state index contributed by atoms with van der Waals surface area (Å²) in [6.45, 7) is 0.905. The first-order valence-electron chi connectivity index (χ1n) is 5.71. The summed E-state index contributed by atoms with van der Waals surface area (Å²) in [6, 6.07) is 0. The normalized spacial score (nSPS) is 9.00. The summed E-state index contributed by atoms with van der Waals surface area (Å²) in [5.41, 5.74) is 0. The third-order valence-corrected chi connectivity index (χ3v) is 3.27. The second kappa shape index (κ2) is 15.2. The Hall–Kier alpha value is 0.100. The highest BCUT2D eigenvalue weighted by Crippen LogP contribution is 2.24. The van der Waals surface area contributed by atoms with Crippen LogP contribution in [0.5, 0.6) is 0 Å². The van der Waals surface area contributed by atoms with Crippen molar-refractivity contribution in [2.24, 2.45) is 0 Å². The molecule has 0 rings (SSSR count). The highest BCUT2D eigenvalue weighted by Gasteiger charge is 2.18. The van der Waals surface area contributed by atoms with Gasteiger partial charge < -0.3 is 0 Å². The van der Waals surface area contributed by atoms with Crippen LogP contribution in [0.3, 0.4) is 0 Å². The lowest BCUT2D eigenvalue weighted by Crippen LogP contribution is -1.91. The molecule has 0 saturated heterocycles. The Morgan fingerprint density at radius 2 is 1.28 bits per heavy atom. The number of hydrogen-bond donors (Lipinski definition) is 0. The van der Waals surface area contributed by atoms with Crippen LogP contribution >= 0.6 is 40.1 Å². The molecule has 0 N–H and O–H groups in total. The maximum absolute atomic E-state index is 11.3. The van der Waals surface area contributed by atoms with Crippen LogP contribution in [-0.2, 0) is 13.6 Å². The van der Waals surface area contributed by atoms with E-state index in [2.05, 4.69) is 53.4 Å². The number of halogens is 2. The minimum absolute atomic E-state index is 0.453. The predicted octanol–water partition coefficient (Wildman–Crippen LogP) is 4.73. The van der Waals surface area contributed by atoms with Crippen molar-refractivity contribution in [1.82, 2.24) is 0 Å². The Labute approximate surface area is 127 Å². The van der Waals surface area contributed by atoms with Crippen molar-refractivity contribution >= 4 is 40.1 Å². The Morgan fingerprint density at radius 3 is 1.67 bits per heavy atom. The molecule has 0 aliphatic heterocycles. The van der Waals surface area contributed by atoms with E-state index in [0.717, 1.165) is 38.5 Å². The average molecular weight is 399 g/mol. The highest BCUT2D eigenvalue weighted by molar-refractivity contribution is 9.12. The lowest BCUT2D eigenvalue weighted by atomic mass is 10.2. The van der Waals surface area contributed by atoms with E-state index >= 15 is 0 Å². The zero-order valence-corrected chi connectivity index (χ0v) is 14.2. The first-order valence-corrected chi connectivity index (χ1v) is 8.39. The van der Waals surface area contributed by atoms with Gasteiger partial charge in [0.1, 0.15) is 13.2 Å². The smallest absolute Gasteiger partial charge is 0.119 e. The van der Waals surface area contributed by atoms with Gasteiger partial charge in [-0.1, -0.05) is 11.8 Å². The second-order valence-electron chi connectivity index (χ2n) is 3.35. The van der Waals surface area contributed by atoms with Gasteiger partial charge in [0.05, 0.1) is 0 Å². The molecule has 0 spiro atoms. The zero-order chi connectivity index (χ0) is 13.5. The molecule has 0 aromatic rings. The molecule has 0 radical (unpaired) electrons. The van der Waals surface area contributed by atoms with Gasteiger partial charge in [-0.05, 0) is 35.3 Å². The van der Waals surface area contributed by atoms with Crippen molar-refractivity contribution in [2.45, 2.75) is 38.5 Å². The average Bonchev–Trinajstić information content (AvgIpc) is 2.38. The molecule has 0 bridgehead atoms. The van der Waals surface area contributed by atoms with Crippen LogP contribution in [0.15, 0.2) is 0 Å². The lowest BCUT2D eigenvalue weighted by molar-refractivity contribution is 0.220. The van der Waals surface area contributed by atoms with Crippen LogP contribution in [0.2, 0.25) is 0 Å². The van der Waals surface area contributed by atoms with E-state index in [1.165, 1.54) is 0 Å². The fourth-order valence-corrected chi connectivity index (χ4v) is 2.07. The third-order valence-electron chi connectivity index (χ3n) is 1.92. The highest BCUT2D eigenvalue weighted by atomic mass is 79.9. The van der Waals surface area contributed by atoms with Crippen LogP contribution in [0.1, 0.15) is 38.5 Å². The Bertz CT molecular complexity index is 307. The van der Waals surface area contributed by atoms with Crippen LogP contribution in [0.25, 0.3) is 0 Å². The van der Waals surface area contributed by atoms with Crippen LogP contribution in [0, 0.1) is 21.5 Å². The molecule has 0 atom stereocenters. The summed E-state index contributed by atoms with van der Waals surface area (Å²) in [7, 11) is -1.97. The topological polar surface area (TPSA) is 35.5 Å². The summed E-state index contributed by atoms with van der Waals surface area (Å²) in [5.74, 6) is 5.78. The molecule has 0 unspecified atom stereocenters. The van der Waals surface area contributed by atoms with Crippen molar-refractivity contribution in [1.29, 1.82) is 0 Å². The van der Waals surface area contributed by atoms with Gasteiger partial charge in [-0.25, -0.2) is 0 Å². The fourth-order valence-electron chi connectivity index (χ4n) is 1.04. The number of hydrogen-bond acceptors (Lipinski definition) is 3. The predicted molar refractivity (Wildman–Crippen MR) is 80.6 cm³/mol. The van der Waals surface area contributed by atoms with Gasteiger partial charge in [0.25, 0.3) is 0 Å². The Morgan fingerprint density at radius 1 is 0.833 bits per heavy atom. The summed E-state index contributed by atoms with van der Waals surface area (Å²) in [4.78, 5) is 5.29. The molecule has 0 heterocycles. The number of rotatable bonds is 10. The molecule has 0 amide bonds. The van der Waals surface area contributed by atoms with Gasteiger partial charge in [0.2, 0.25) is 0 Å². The standard InChI is InChI=1S/C12H16Br2O3P/c13-9-5-1-3-7-11-16-18(15)17-12-8-4-2-6-10-14/h1-4,7-8,11-12H2/q+1. The summed E-state index contributed by atoms with van der Waals surface area (Å²) in [5, 5.41) is 0. The van der Waals surface area contributed by atoms with Gasteiger partial charge in [0.15, 0.2) is 0 Å². The van der Waals surface area contributed by atoms with Crippen molar-refractivity contribution in [2.75, 3.05) is 13.2 Å². The second-order valence-corrected chi connectivity index (χ2v) is 5.10. The monoisotopic (exact) mass is 397 g/mol. The molecule has 0 aromatic carbocycles. The van der Waals surface area contributed by atoms with E-state index in [1.807, 2.05) is 0 Å². The van der Waals surface area contributed by atoms with Crippen molar-refractivity contribution in [3.8, 4) is 21.5 Å².